The standard InChI is InChI=1S/C15H14OS/c1-11-8-14(13-6-4-3-5-7-13)10-15(9-11)17-12(2)16/h3-10H,1-2H3. The minimum absolute atomic E-state index is 0.120. The van der Waals surface area contributed by atoms with Crippen LogP contribution in [-0.2, 0) is 4.79 Å². The Balaban J connectivity index is 2.42. The van der Waals surface area contributed by atoms with Crippen molar-refractivity contribution in [2.45, 2.75) is 18.7 Å². The van der Waals surface area contributed by atoms with Crippen LogP contribution < -0.4 is 0 Å². The number of benzene rings is 2. The molecule has 0 aliphatic rings. The fourth-order valence-corrected chi connectivity index (χ4v) is 2.53. The van der Waals surface area contributed by atoms with Crippen LogP contribution in [-0.4, -0.2) is 5.12 Å². The lowest BCUT2D eigenvalue weighted by Gasteiger charge is -2.06. The van der Waals surface area contributed by atoms with E-state index < -0.39 is 0 Å². The Morgan fingerprint density at radius 1 is 1.00 bits per heavy atom. The van der Waals surface area contributed by atoms with Crippen LogP contribution in [0.25, 0.3) is 11.1 Å². The Kier molecular flexibility index (Phi) is 3.64. The zero-order chi connectivity index (χ0) is 12.3. The summed E-state index contributed by atoms with van der Waals surface area (Å²) in [6.07, 6.45) is 0. The molecule has 0 aromatic heterocycles. The molecule has 0 N–H and O–H groups in total. The number of thioether (sulfide) groups is 1. The first-order valence-electron chi connectivity index (χ1n) is 5.51. The van der Waals surface area contributed by atoms with Crippen LogP contribution in [0.3, 0.4) is 0 Å². The van der Waals surface area contributed by atoms with E-state index in [1.807, 2.05) is 24.3 Å². The van der Waals surface area contributed by atoms with Crippen LogP contribution in [0.1, 0.15) is 12.5 Å². The van der Waals surface area contributed by atoms with Crippen molar-refractivity contribution in [2.24, 2.45) is 0 Å². The van der Waals surface area contributed by atoms with Gasteiger partial charge in [-0.05, 0) is 35.7 Å². The summed E-state index contributed by atoms with van der Waals surface area (Å²) >= 11 is 1.28. The molecule has 0 atom stereocenters. The molecule has 0 aliphatic heterocycles. The van der Waals surface area contributed by atoms with Crippen LogP contribution >= 0.6 is 11.8 Å². The van der Waals surface area contributed by atoms with Crippen molar-refractivity contribution in [3.8, 4) is 11.1 Å². The summed E-state index contributed by atoms with van der Waals surface area (Å²) in [5.41, 5.74) is 3.52. The van der Waals surface area contributed by atoms with Gasteiger partial charge in [-0.25, -0.2) is 0 Å². The molecule has 2 heteroatoms. The summed E-state index contributed by atoms with van der Waals surface area (Å²) < 4.78 is 0. The lowest BCUT2D eigenvalue weighted by Crippen LogP contribution is -1.85. The quantitative estimate of drug-likeness (QED) is 0.730. The third-order valence-electron chi connectivity index (χ3n) is 2.42. The average molecular weight is 242 g/mol. The van der Waals surface area contributed by atoms with Gasteiger partial charge in [-0.3, -0.25) is 4.79 Å². The zero-order valence-corrected chi connectivity index (χ0v) is 10.8. The molecular weight excluding hydrogens is 228 g/mol. The number of hydrogen-bond acceptors (Lipinski definition) is 2. The summed E-state index contributed by atoms with van der Waals surface area (Å²) in [5.74, 6) is 0. The van der Waals surface area contributed by atoms with E-state index in [9.17, 15) is 4.79 Å². The maximum atomic E-state index is 11.1. The number of carbonyl (C=O) groups is 1. The van der Waals surface area contributed by atoms with Crippen molar-refractivity contribution in [1.82, 2.24) is 0 Å². The van der Waals surface area contributed by atoms with E-state index in [1.54, 1.807) is 6.92 Å². The summed E-state index contributed by atoms with van der Waals surface area (Å²) in [5, 5.41) is 0.120. The van der Waals surface area contributed by atoms with Gasteiger partial charge in [0.25, 0.3) is 0 Å². The first-order chi connectivity index (χ1) is 8.15. The van der Waals surface area contributed by atoms with Gasteiger partial charge >= 0.3 is 0 Å². The molecule has 2 aromatic carbocycles. The molecule has 2 aromatic rings. The van der Waals surface area contributed by atoms with E-state index in [-0.39, 0.29) is 5.12 Å². The predicted octanol–water partition coefficient (Wildman–Crippen LogP) is 4.30. The van der Waals surface area contributed by atoms with Gasteiger partial charge in [-0.15, -0.1) is 0 Å². The molecule has 0 aliphatic carbocycles. The second-order valence-electron chi connectivity index (χ2n) is 3.99. The Morgan fingerprint density at radius 2 is 1.71 bits per heavy atom. The summed E-state index contributed by atoms with van der Waals surface area (Å²) in [6.45, 7) is 3.64. The third-order valence-corrected chi connectivity index (χ3v) is 3.18. The first-order valence-corrected chi connectivity index (χ1v) is 6.32. The van der Waals surface area contributed by atoms with Gasteiger partial charge in [0.2, 0.25) is 0 Å². The number of rotatable bonds is 2. The smallest absolute Gasteiger partial charge is 0.190 e. The lowest BCUT2D eigenvalue weighted by molar-refractivity contribution is -0.109. The number of hydrogen-bond donors (Lipinski definition) is 0. The SMILES string of the molecule is CC(=O)Sc1cc(C)cc(-c2ccccc2)c1. The highest BCUT2D eigenvalue weighted by atomic mass is 32.2. The molecule has 0 spiro atoms. The van der Waals surface area contributed by atoms with E-state index in [0.29, 0.717) is 0 Å². The average Bonchev–Trinajstić information content (AvgIpc) is 2.28. The third kappa shape index (κ3) is 3.21. The van der Waals surface area contributed by atoms with E-state index in [0.717, 1.165) is 10.5 Å². The molecule has 0 radical (unpaired) electrons. The molecule has 86 valence electrons. The molecule has 0 saturated heterocycles. The van der Waals surface area contributed by atoms with E-state index in [1.165, 1.54) is 22.9 Å². The molecule has 0 heterocycles. The lowest BCUT2D eigenvalue weighted by atomic mass is 10.0. The fourth-order valence-electron chi connectivity index (χ4n) is 1.77. The van der Waals surface area contributed by atoms with Crippen LogP contribution in [0.15, 0.2) is 53.4 Å². The van der Waals surface area contributed by atoms with Crippen LogP contribution in [0.4, 0.5) is 0 Å². The van der Waals surface area contributed by atoms with E-state index in [4.69, 9.17) is 0 Å². The van der Waals surface area contributed by atoms with Crippen molar-refractivity contribution in [1.29, 1.82) is 0 Å². The molecular formula is C15H14OS. The molecule has 0 fully saturated rings. The Bertz CT molecular complexity index is 532. The molecule has 0 amide bonds. The molecule has 0 saturated carbocycles. The van der Waals surface area contributed by atoms with Crippen molar-refractivity contribution in [3.63, 3.8) is 0 Å². The normalized spacial score (nSPS) is 10.2. The molecule has 0 bridgehead atoms. The highest BCUT2D eigenvalue weighted by Crippen LogP contribution is 2.27. The highest BCUT2D eigenvalue weighted by molar-refractivity contribution is 8.13. The minimum atomic E-state index is 0.120. The summed E-state index contributed by atoms with van der Waals surface area (Å²) in [7, 11) is 0. The maximum Gasteiger partial charge on any atom is 0.190 e. The van der Waals surface area contributed by atoms with E-state index >= 15 is 0 Å². The molecule has 1 nitrogen and oxygen atoms in total. The van der Waals surface area contributed by atoms with Gasteiger partial charge in [-0.1, -0.05) is 48.2 Å². The van der Waals surface area contributed by atoms with Gasteiger partial charge < -0.3 is 0 Å². The van der Waals surface area contributed by atoms with Gasteiger partial charge in [-0.2, -0.15) is 0 Å². The summed E-state index contributed by atoms with van der Waals surface area (Å²) in [4.78, 5) is 12.1. The van der Waals surface area contributed by atoms with Crippen LogP contribution in [0, 0.1) is 6.92 Å². The van der Waals surface area contributed by atoms with Crippen LogP contribution in [0.2, 0.25) is 0 Å². The second kappa shape index (κ2) is 5.19. The molecule has 2 rings (SSSR count). The topological polar surface area (TPSA) is 17.1 Å². The van der Waals surface area contributed by atoms with Gasteiger partial charge in [0, 0.05) is 11.8 Å². The summed E-state index contributed by atoms with van der Waals surface area (Å²) in [6, 6.07) is 16.5. The van der Waals surface area contributed by atoms with Crippen LogP contribution in [0.5, 0.6) is 0 Å². The predicted molar refractivity (Wildman–Crippen MR) is 73.2 cm³/mol. The number of aryl methyl sites for hydroxylation is 1. The van der Waals surface area contributed by atoms with Gasteiger partial charge in [0.05, 0.1) is 0 Å². The zero-order valence-electron chi connectivity index (χ0n) is 9.94. The van der Waals surface area contributed by atoms with Crippen molar-refractivity contribution < 1.29 is 4.79 Å². The van der Waals surface area contributed by atoms with Crippen molar-refractivity contribution in [2.75, 3.05) is 0 Å². The van der Waals surface area contributed by atoms with Crippen molar-refractivity contribution >= 4 is 16.9 Å². The molecule has 0 unspecified atom stereocenters. The molecule has 17 heavy (non-hydrogen) atoms. The first kappa shape index (κ1) is 11.9. The number of carbonyl (C=O) groups excluding carboxylic acids is 1. The fraction of sp³-hybridized carbons (Fsp3) is 0.133. The Morgan fingerprint density at radius 3 is 2.35 bits per heavy atom. The second-order valence-corrected chi connectivity index (χ2v) is 5.24. The van der Waals surface area contributed by atoms with E-state index in [2.05, 4.69) is 31.2 Å². The van der Waals surface area contributed by atoms with Crippen molar-refractivity contribution in [3.05, 3.63) is 54.1 Å². The Labute approximate surface area is 106 Å². The minimum Gasteiger partial charge on any atom is -0.287 e. The largest absolute Gasteiger partial charge is 0.287 e. The van der Waals surface area contributed by atoms with Gasteiger partial charge in [0.1, 0.15) is 0 Å². The maximum absolute atomic E-state index is 11.1. The highest BCUT2D eigenvalue weighted by Gasteiger charge is 2.03. The van der Waals surface area contributed by atoms with Gasteiger partial charge in [0.15, 0.2) is 5.12 Å². The Hall–Kier alpha value is -1.54. The monoisotopic (exact) mass is 242 g/mol.